The predicted octanol–water partition coefficient (Wildman–Crippen LogP) is 3.62. The molecule has 0 bridgehead atoms. The molecule has 2 N–H and O–H groups in total. The highest BCUT2D eigenvalue weighted by atomic mass is 35.5. The minimum Gasteiger partial charge on any atom is -0.369 e. The van der Waals surface area contributed by atoms with Crippen LogP contribution in [0.25, 0.3) is 16.9 Å². The maximum atomic E-state index is 6.27. The van der Waals surface area contributed by atoms with E-state index in [9.17, 15) is 0 Å². The largest absolute Gasteiger partial charge is 0.369 e. The highest BCUT2D eigenvalue weighted by Gasteiger charge is 2.15. The zero-order chi connectivity index (χ0) is 13.6. The summed E-state index contributed by atoms with van der Waals surface area (Å²) >= 11 is 12.2. The quantitative estimate of drug-likeness (QED) is 0.745. The molecule has 3 rings (SSSR count). The number of pyridine rings is 1. The number of nitrogens with zero attached hydrogens (tertiary/aromatic N) is 3. The molecule has 0 aliphatic heterocycles. The smallest absolute Gasteiger partial charge is 0.207 e. The second-order valence-electron chi connectivity index (χ2n) is 4.21. The van der Waals surface area contributed by atoms with Crippen molar-refractivity contribution >= 4 is 40.3 Å². The zero-order valence-electron chi connectivity index (χ0n) is 10.1. The van der Waals surface area contributed by atoms with Gasteiger partial charge in [-0.1, -0.05) is 35.3 Å². The van der Waals surface area contributed by atoms with Gasteiger partial charge >= 0.3 is 0 Å². The van der Waals surface area contributed by atoms with Crippen molar-refractivity contribution < 1.29 is 0 Å². The number of benzene rings is 1. The first-order valence-corrected chi connectivity index (χ1v) is 6.38. The van der Waals surface area contributed by atoms with Crippen molar-refractivity contribution in [2.45, 2.75) is 6.92 Å². The summed E-state index contributed by atoms with van der Waals surface area (Å²) in [5.74, 6) is 0.334. The third-order valence-corrected chi connectivity index (χ3v) is 3.41. The Morgan fingerprint density at radius 1 is 1.26 bits per heavy atom. The third-order valence-electron chi connectivity index (χ3n) is 2.90. The van der Waals surface area contributed by atoms with Crippen LogP contribution >= 0.6 is 23.2 Å². The van der Waals surface area contributed by atoms with Crippen LogP contribution < -0.4 is 5.73 Å². The molecule has 0 saturated carbocycles. The van der Waals surface area contributed by atoms with Crippen molar-refractivity contribution in [3.05, 3.63) is 46.1 Å². The summed E-state index contributed by atoms with van der Waals surface area (Å²) in [4.78, 5) is 8.56. The summed E-state index contributed by atoms with van der Waals surface area (Å²) in [5.41, 5.74) is 9.05. The molecule has 0 aliphatic rings. The van der Waals surface area contributed by atoms with Crippen LogP contribution in [0.4, 0.5) is 5.95 Å². The molecule has 0 unspecified atom stereocenters. The van der Waals surface area contributed by atoms with Crippen LogP contribution in [0.5, 0.6) is 0 Å². The van der Waals surface area contributed by atoms with E-state index >= 15 is 0 Å². The SMILES string of the molecule is Cc1cccc(Cl)c1-n1c(N)nc2cc(Cl)cnc21. The number of hydrogen-bond donors (Lipinski definition) is 1. The number of para-hydroxylation sites is 1. The number of imidazole rings is 1. The van der Waals surface area contributed by atoms with Gasteiger partial charge in [-0.25, -0.2) is 9.97 Å². The van der Waals surface area contributed by atoms with E-state index in [1.807, 2.05) is 25.1 Å². The molecular formula is C13H10Cl2N4. The summed E-state index contributed by atoms with van der Waals surface area (Å²) in [6.07, 6.45) is 1.56. The average molecular weight is 293 g/mol. The predicted molar refractivity (Wildman–Crippen MR) is 78.0 cm³/mol. The van der Waals surface area contributed by atoms with E-state index in [-0.39, 0.29) is 0 Å². The van der Waals surface area contributed by atoms with E-state index in [1.165, 1.54) is 0 Å². The number of anilines is 1. The fourth-order valence-corrected chi connectivity index (χ4v) is 2.54. The van der Waals surface area contributed by atoms with E-state index < -0.39 is 0 Å². The molecule has 0 radical (unpaired) electrons. The zero-order valence-corrected chi connectivity index (χ0v) is 11.6. The Balaban J connectivity index is 2.40. The Morgan fingerprint density at radius 3 is 2.79 bits per heavy atom. The molecule has 4 nitrogen and oxygen atoms in total. The monoisotopic (exact) mass is 292 g/mol. The molecule has 0 fully saturated rings. The van der Waals surface area contributed by atoms with Gasteiger partial charge in [-0.2, -0.15) is 0 Å². The summed E-state index contributed by atoms with van der Waals surface area (Å²) in [5, 5.41) is 1.12. The molecule has 2 aromatic heterocycles. The molecule has 96 valence electrons. The van der Waals surface area contributed by atoms with E-state index in [0.717, 1.165) is 11.3 Å². The van der Waals surface area contributed by atoms with Gasteiger partial charge in [-0.3, -0.25) is 4.57 Å². The first-order chi connectivity index (χ1) is 9.08. The van der Waals surface area contributed by atoms with Crippen LogP contribution in [0.3, 0.4) is 0 Å². The standard InChI is InChI=1S/C13H10Cl2N4/c1-7-3-2-4-9(15)11(7)19-12-10(18-13(19)16)5-8(14)6-17-12/h2-6H,1H3,(H2,16,18). The minimum atomic E-state index is 0.334. The number of halogens is 2. The molecule has 6 heteroatoms. The number of fused-ring (bicyclic) bond motifs is 1. The Hall–Kier alpha value is -1.78. The van der Waals surface area contributed by atoms with Gasteiger partial charge in [0.25, 0.3) is 0 Å². The number of rotatable bonds is 1. The van der Waals surface area contributed by atoms with Gasteiger partial charge in [0.2, 0.25) is 5.95 Å². The number of aryl methyl sites for hydroxylation is 1. The molecule has 19 heavy (non-hydrogen) atoms. The van der Waals surface area contributed by atoms with Gasteiger partial charge in [-0.15, -0.1) is 0 Å². The van der Waals surface area contributed by atoms with E-state index in [2.05, 4.69) is 9.97 Å². The topological polar surface area (TPSA) is 56.7 Å². The Morgan fingerprint density at radius 2 is 2.05 bits per heavy atom. The van der Waals surface area contributed by atoms with Crippen molar-refractivity contribution in [1.29, 1.82) is 0 Å². The van der Waals surface area contributed by atoms with Gasteiger partial charge in [0.15, 0.2) is 5.65 Å². The lowest BCUT2D eigenvalue weighted by Gasteiger charge is -2.11. The van der Waals surface area contributed by atoms with Crippen LogP contribution in [-0.2, 0) is 0 Å². The van der Waals surface area contributed by atoms with Crippen molar-refractivity contribution in [1.82, 2.24) is 14.5 Å². The van der Waals surface area contributed by atoms with Crippen molar-refractivity contribution in [3.8, 4) is 5.69 Å². The van der Waals surface area contributed by atoms with Gasteiger partial charge < -0.3 is 5.73 Å². The number of hydrogen-bond acceptors (Lipinski definition) is 3. The lowest BCUT2D eigenvalue weighted by molar-refractivity contribution is 1.07. The maximum absolute atomic E-state index is 6.27. The first-order valence-electron chi connectivity index (χ1n) is 5.63. The second kappa shape index (κ2) is 4.40. The van der Waals surface area contributed by atoms with Crippen molar-refractivity contribution in [2.24, 2.45) is 0 Å². The van der Waals surface area contributed by atoms with Crippen LogP contribution in [0.15, 0.2) is 30.5 Å². The lowest BCUT2D eigenvalue weighted by atomic mass is 10.2. The minimum absolute atomic E-state index is 0.334. The van der Waals surface area contributed by atoms with E-state index in [1.54, 1.807) is 16.8 Å². The molecule has 0 atom stereocenters. The van der Waals surface area contributed by atoms with Crippen molar-refractivity contribution in [2.75, 3.05) is 5.73 Å². The Bertz CT molecular complexity index is 759. The Labute approximate surface area is 119 Å². The Kier molecular flexibility index (Phi) is 2.84. The number of aromatic nitrogens is 3. The summed E-state index contributed by atoms with van der Waals surface area (Å²) in [6, 6.07) is 7.39. The first kappa shape index (κ1) is 12.3. The van der Waals surface area contributed by atoms with Gasteiger partial charge in [0.05, 0.1) is 15.7 Å². The number of nitrogens with two attached hydrogens (primary N) is 1. The summed E-state index contributed by atoms with van der Waals surface area (Å²) < 4.78 is 1.74. The molecule has 2 heterocycles. The third kappa shape index (κ3) is 1.93. The van der Waals surface area contributed by atoms with E-state index in [0.29, 0.717) is 27.2 Å². The number of nitrogen functional groups attached to an aromatic ring is 1. The normalized spacial score (nSPS) is 11.1. The van der Waals surface area contributed by atoms with Crippen LogP contribution in [0, 0.1) is 6.92 Å². The highest BCUT2D eigenvalue weighted by Crippen LogP contribution is 2.30. The molecular weight excluding hydrogens is 283 g/mol. The summed E-state index contributed by atoms with van der Waals surface area (Å²) in [6.45, 7) is 1.96. The lowest BCUT2D eigenvalue weighted by Crippen LogP contribution is -2.04. The summed E-state index contributed by atoms with van der Waals surface area (Å²) in [7, 11) is 0. The molecule has 0 aliphatic carbocycles. The van der Waals surface area contributed by atoms with Gasteiger partial charge in [0, 0.05) is 6.20 Å². The average Bonchev–Trinajstić information content (AvgIpc) is 2.65. The van der Waals surface area contributed by atoms with Crippen LogP contribution in [0.1, 0.15) is 5.56 Å². The molecule has 0 saturated heterocycles. The molecule has 0 spiro atoms. The van der Waals surface area contributed by atoms with Crippen LogP contribution in [-0.4, -0.2) is 14.5 Å². The fourth-order valence-electron chi connectivity index (χ4n) is 2.08. The highest BCUT2D eigenvalue weighted by molar-refractivity contribution is 6.32. The second-order valence-corrected chi connectivity index (χ2v) is 5.05. The fraction of sp³-hybridized carbons (Fsp3) is 0.0769. The maximum Gasteiger partial charge on any atom is 0.207 e. The molecule has 0 amide bonds. The van der Waals surface area contributed by atoms with Gasteiger partial charge in [-0.05, 0) is 24.6 Å². The van der Waals surface area contributed by atoms with E-state index in [4.69, 9.17) is 28.9 Å². The van der Waals surface area contributed by atoms with Crippen LogP contribution in [0.2, 0.25) is 10.0 Å². The van der Waals surface area contributed by atoms with Gasteiger partial charge in [0.1, 0.15) is 5.52 Å². The molecule has 1 aromatic carbocycles. The van der Waals surface area contributed by atoms with Crippen molar-refractivity contribution in [3.63, 3.8) is 0 Å². The molecule has 3 aromatic rings.